The second-order valence-corrected chi connectivity index (χ2v) is 6.85. The van der Waals surface area contributed by atoms with Crippen molar-refractivity contribution in [2.75, 3.05) is 6.54 Å². The van der Waals surface area contributed by atoms with Crippen molar-refractivity contribution in [3.63, 3.8) is 0 Å². The second kappa shape index (κ2) is 7.54. The Hall–Kier alpha value is -2.58. The minimum Gasteiger partial charge on any atom is -0.468 e. The largest absolute Gasteiger partial charge is 0.468 e. The molecule has 0 unspecified atom stereocenters. The van der Waals surface area contributed by atoms with Crippen LogP contribution in [-0.2, 0) is 17.9 Å². The van der Waals surface area contributed by atoms with Gasteiger partial charge in [-0.15, -0.1) is 0 Å². The minimum atomic E-state index is -0.764. The van der Waals surface area contributed by atoms with Crippen LogP contribution < -0.4 is 5.32 Å². The lowest BCUT2D eigenvalue weighted by Gasteiger charge is -2.26. The highest BCUT2D eigenvalue weighted by atomic mass is 16.3. The van der Waals surface area contributed by atoms with Crippen LogP contribution >= 0.6 is 0 Å². The third kappa shape index (κ3) is 4.71. The maximum Gasteiger partial charge on any atom is 0.235 e. The maximum atomic E-state index is 12.5. The van der Waals surface area contributed by atoms with E-state index >= 15 is 0 Å². The molecule has 5 nitrogen and oxygen atoms in total. The predicted molar refractivity (Wildman–Crippen MR) is 94.1 cm³/mol. The molecule has 25 heavy (non-hydrogen) atoms. The molecule has 1 amide bonds. The van der Waals surface area contributed by atoms with E-state index in [9.17, 15) is 10.1 Å². The Morgan fingerprint density at radius 1 is 1.28 bits per heavy atom. The summed E-state index contributed by atoms with van der Waals surface area (Å²) >= 11 is 0. The summed E-state index contributed by atoms with van der Waals surface area (Å²) in [5.41, 5.74) is 0.368. The van der Waals surface area contributed by atoms with Crippen molar-refractivity contribution in [1.82, 2.24) is 10.2 Å². The van der Waals surface area contributed by atoms with E-state index in [1.807, 2.05) is 54.3 Å². The van der Waals surface area contributed by atoms with Gasteiger partial charge in [0.05, 0.1) is 25.4 Å². The van der Waals surface area contributed by atoms with Crippen LogP contribution in [0.25, 0.3) is 0 Å². The number of nitrogens with one attached hydrogen (secondary N) is 1. The Morgan fingerprint density at radius 3 is 2.64 bits per heavy atom. The number of nitriles is 1. The van der Waals surface area contributed by atoms with Crippen molar-refractivity contribution in [2.24, 2.45) is 5.92 Å². The molecule has 1 fully saturated rings. The van der Waals surface area contributed by atoms with Gasteiger partial charge in [0.25, 0.3) is 0 Å². The summed E-state index contributed by atoms with van der Waals surface area (Å²) in [6, 6.07) is 16.0. The molecular weight excluding hydrogens is 314 g/mol. The SMILES string of the molecule is C[C@@](C#N)(NC(=O)CN(Cc1ccccc1)Cc1ccco1)C1CC1. The van der Waals surface area contributed by atoms with E-state index in [4.69, 9.17) is 4.42 Å². The molecule has 0 spiro atoms. The van der Waals surface area contributed by atoms with Gasteiger partial charge < -0.3 is 9.73 Å². The first-order valence-corrected chi connectivity index (χ1v) is 8.60. The van der Waals surface area contributed by atoms with Gasteiger partial charge in [0.2, 0.25) is 5.91 Å². The van der Waals surface area contributed by atoms with Gasteiger partial charge in [0.1, 0.15) is 11.3 Å². The van der Waals surface area contributed by atoms with E-state index in [-0.39, 0.29) is 18.4 Å². The minimum absolute atomic E-state index is 0.126. The number of furan rings is 1. The highest BCUT2D eigenvalue weighted by Gasteiger charge is 2.43. The Bertz CT molecular complexity index is 732. The van der Waals surface area contributed by atoms with Crippen LogP contribution in [0.4, 0.5) is 0 Å². The molecule has 1 aliphatic carbocycles. The fraction of sp³-hybridized carbons (Fsp3) is 0.400. The molecule has 0 saturated heterocycles. The van der Waals surface area contributed by atoms with Crippen LogP contribution in [0.3, 0.4) is 0 Å². The zero-order chi connectivity index (χ0) is 17.7. The number of rotatable bonds is 8. The summed E-state index contributed by atoms with van der Waals surface area (Å²) in [4.78, 5) is 14.6. The molecule has 5 heteroatoms. The van der Waals surface area contributed by atoms with Gasteiger partial charge >= 0.3 is 0 Å². The van der Waals surface area contributed by atoms with Gasteiger partial charge in [-0.25, -0.2) is 0 Å². The summed E-state index contributed by atoms with van der Waals surface area (Å²) < 4.78 is 5.43. The van der Waals surface area contributed by atoms with E-state index in [1.165, 1.54) is 0 Å². The fourth-order valence-electron chi connectivity index (χ4n) is 3.05. The zero-order valence-electron chi connectivity index (χ0n) is 14.4. The Morgan fingerprint density at radius 2 is 2.04 bits per heavy atom. The molecule has 1 aliphatic rings. The molecule has 1 N–H and O–H groups in total. The first kappa shape index (κ1) is 17.2. The summed E-state index contributed by atoms with van der Waals surface area (Å²) in [6.45, 7) is 3.22. The molecule has 130 valence electrons. The normalized spacial score (nSPS) is 16.2. The quantitative estimate of drug-likeness (QED) is 0.804. The molecular formula is C20H23N3O2. The molecule has 1 aromatic heterocycles. The summed E-state index contributed by atoms with van der Waals surface area (Å²) in [6.07, 6.45) is 3.64. The average molecular weight is 337 g/mol. The molecule has 0 radical (unpaired) electrons. The molecule has 1 aromatic carbocycles. The smallest absolute Gasteiger partial charge is 0.235 e. The van der Waals surface area contributed by atoms with E-state index in [0.29, 0.717) is 13.1 Å². The second-order valence-electron chi connectivity index (χ2n) is 6.85. The molecule has 0 bridgehead atoms. The van der Waals surface area contributed by atoms with Crippen molar-refractivity contribution in [1.29, 1.82) is 5.26 Å². The number of carbonyl (C=O) groups is 1. The van der Waals surface area contributed by atoms with Crippen molar-refractivity contribution >= 4 is 5.91 Å². The number of carbonyl (C=O) groups excluding carboxylic acids is 1. The number of nitrogens with zero attached hydrogens (tertiary/aromatic N) is 2. The monoisotopic (exact) mass is 337 g/mol. The van der Waals surface area contributed by atoms with Crippen molar-refractivity contribution < 1.29 is 9.21 Å². The average Bonchev–Trinajstić information content (AvgIpc) is 3.35. The molecule has 2 aromatic rings. The number of amides is 1. The van der Waals surface area contributed by atoms with Crippen LogP contribution in [0, 0.1) is 17.2 Å². The lowest BCUT2D eigenvalue weighted by atomic mass is 9.98. The Kier molecular flexibility index (Phi) is 5.20. The standard InChI is InChI=1S/C20H23N3O2/c1-20(15-21,17-9-10-17)22-19(24)14-23(13-18-8-5-11-25-18)12-16-6-3-2-4-7-16/h2-8,11,17H,9-10,12-14H2,1H3,(H,22,24)/t20-/m0/s1. The molecule has 1 saturated carbocycles. The van der Waals surface area contributed by atoms with E-state index in [0.717, 1.165) is 24.2 Å². The molecule has 0 aliphatic heterocycles. The predicted octanol–water partition coefficient (Wildman–Crippen LogP) is 3.09. The van der Waals surface area contributed by atoms with Gasteiger partial charge in [-0.05, 0) is 43.4 Å². The summed E-state index contributed by atoms with van der Waals surface area (Å²) in [5, 5.41) is 12.4. The van der Waals surface area contributed by atoms with E-state index < -0.39 is 5.54 Å². The maximum absolute atomic E-state index is 12.5. The van der Waals surface area contributed by atoms with Gasteiger partial charge in [-0.1, -0.05) is 30.3 Å². The Balaban J connectivity index is 1.66. The first-order valence-electron chi connectivity index (χ1n) is 8.60. The molecule has 3 rings (SSSR count). The third-order valence-electron chi connectivity index (χ3n) is 4.60. The lowest BCUT2D eigenvalue weighted by molar-refractivity contribution is -0.124. The highest BCUT2D eigenvalue weighted by molar-refractivity contribution is 5.79. The Labute approximate surface area is 148 Å². The third-order valence-corrected chi connectivity index (χ3v) is 4.60. The van der Waals surface area contributed by atoms with Gasteiger partial charge in [0, 0.05) is 6.54 Å². The number of hydrogen-bond donors (Lipinski definition) is 1. The van der Waals surface area contributed by atoms with E-state index in [1.54, 1.807) is 6.26 Å². The van der Waals surface area contributed by atoms with Crippen LogP contribution in [0.5, 0.6) is 0 Å². The summed E-state index contributed by atoms with van der Waals surface area (Å²) in [5.74, 6) is 0.960. The van der Waals surface area contributed by atoms with Crippen molar-refractivity contribution in [3.8, 4) is 6.07 Å². The lowest BCUT2D eigenvalue weighted by Crippen LogP contribution is -2.50. The summed E-state index contributed by atoms with van der Waals surface area (Å²) in [7, 11) is 0. The highest BCUT2D eigenvalue weighted by Crippen LogP contribution is 2.39. The van der Waals surface area contributed by atoms with Crippen LogP contribution in [0.15, 0.2) is 53.1 Å². The first-order chi connectivity index (χ1) is 12.1. The van der Waals surface area contributed by atoms with Crippen molar-refractivity contribution in [2.45, 2.75) is 38.4 Å². The fourth-order valence-corrected chi connectivity index (χ4v) is 3.05. The van der Waals surface area contributed by atoms with Gasteiger partial charge in [0.15, 0.2) is 0 Å². The topological polar surface area (TPSA) is 69.3 Å². The van der Waals surface area contributed by atoms with E-state index in [2.05, 4.69) is 11.4 Å². The van der Waals surface area contributed by atoms with Crippen LogP contribution in [0.2, 0.25) is 0 Å². The van der Waals surface area contributed by atoms with Gasteiger partial charge in [-0.2, -0.15) is 5.26 Å². The zero-order valence-corrected chi connectivity index (χ0v) is 14.4. The molecule has 1 heterocycles. The molecule has 1 atom stereocenters. The number of benzene rings is 1. The van der Waals surface area contributed by atoms with Crippen LogP contribution in [0.1, 0.15) is 31.1 Å². The van der Waals surface area contributed by atoms with Gasteiger partial charge in [-0.3, -0.25) is 9.69 Å². The van der Waals surface area contributed by atoms with Crippen LogP contribution in [-0.4, -0.2) is 22.9 Å². The number of hydrogen-bond acceptors (Lipinski definition) is 4. The van der Waals surface area contributed by atoms with Crippen molar-refractivity contribution in [3.05, 3.63) is 60.1 Å².